The number of carbonyl (C=O) groups is 1. The van der Waals surface area contributed by atoms with E-state index in [1.807, 2.05) is 36.0 Å². The molecule has 1 aromatic heterocycles. The summed E-state index contributed by atoms with van der Waals surface area (Å²) >= 11 is 1.90. The summed E-state index contributed by atoms with van der Waals surface area (Å²) in [7, 11) is 0. The van der Waals surface area contributed by atoms with Crippen LogP contribution in [0.1, 0.15) is 26.0 Å². The number of nitrogens with zero attached hydrogens (tertiary/aromatic N) is 1. The van der Waals surface area contributed by atoms with Gasteiger partial charge in [0, 0.05) is 11.4 Å². The van der Waals surface area contributed by atoms with Crippen molar-refractivity contribution in [3.63, 3.8) is 0 Å². The fourth-order valence-corrected chi connectivity index (χ4v) is 2.92. The normalized spacial score (nSPS) is 12.5. The second kappa shape index (κ2) is 7.33. The number of para-hydroxylation sites is 1. The van der Waals surface area contributed by atoms with Gasteiger partial charge in [-0.05, 0) is 30.9 Å². The zero-order valence-corrected chi connectivity index (χ0v) is 12.8. The van der Waals surface area contributed by atoms with Crippen molar-refractivity contribution in [2.75, 3.05) is 11.5 Å². The molecule has 2 aromatic rings. The van der Waals surface area contributed by atoms with Gasteiger partial charge in [0.05, 0.1) is 17.6 Å². The van der Waals surface area contributed by atoms with E-state index in [2.05, 4.69) is 29.4 Å². The molecule has 5 heteroatoms. The quantitative estimate of drug-likeness (QED) is 0.771. The van der Waals surface area contributed by atoms with Crippen LogP contribution in [0.4, 0.5) is 0 Å². The molecule has 0 fully saturated rings. The number of hydrogen-bond acceptors (Lipinski definition) is 3. The first-order valence-electron chi connectivity index (χ1n) is 6.99. The molecule has 2 N–H and O–H groups in total. The predicted octanol–water partition coefficient (Wildman–Crippen LogP) is 2.75. The van der Waals surface area contributed by atoms with Crippen LogP contribution in [0.3, 0.4) is 0 Å². The highest BCUT2D eigenvalue weighted by molar-refractivity contribution is 7.99. The van der Waals surface area contributed by atoms with Crippen LogP contribution >= 0.6 is 11.8 Å². The summed E-state index contributed by atoms with van der Waals surface area (Å²) in [5, 5.41) is 11.2. The molecule has 4 nitrogen and oxygen atoms in total. The number of amides is 1. The first-order valence-corrected chi connectivity index (χ1v) is 8.15. The van der Waals surface area contributed by atoms with Gasteiger partial charge in [-0.15, -0.1) is 0 Å². The minimum absolute atomic E-state index is 0.0494. The molecular formula is C15H21N3OS. The summed E-state index contributed by atoms with van der Waals surface area (Å²) in [5.41, 5.74) is 1.79. The lowest BCUT2D eigenvalue weighted by Gasteiger charge is -2.13. The van der Waals surface area contributed by atoms with Gasteiger partial charge < -0.3 is 5.32 Å². The van der Waals surface area contributed by atoms with Gasteiger partial charge in [-0.2, -0.15) is 16.9 Å². The molecule has 0 saturated carbocycles. The lowest BCUT2D eigenvalue weighted by Crippen LogP contribution is -2.34. The number of aromatic amines is 1. The lowest BCUT2D eigenvalue weighted by atomic mass is 10.1. The minimum Gasteiger partial charge on any atom is -0.353 e. The van der Waals surface area contributed by atoms with Gasteiger partial charge in [-0.1, -0.05) is 25.1 Å². The second-order valence-corrected chi connectivity index (χ2v) is 6.24. The van der Waals surface area contributed by atoms with E-state index >= 15 is 0 Å². The molecule has 0 aliphatic heterocycles. The summed E-state index contributed by atoms with van der Waals surface area (Å²) in [5.74, 6) is 2.26. The molecule has 1 atom stereocenters. The second-order valence-electron chi connectivity index (χ2n) is 4.85. The van der Waals surface area contributed by atoms with Crippen LogP contribution < -0.4 is 5.32 Å². The van der Waals surface area contributed by atoms with E-state index in [4.69, 9.17) is 0 Å². The number of aromatic nitrogens is 2. The zero-order chi connectivity index (χ0) is 14.4. The Hall–Kier alpha value is -1.49. The first kappa shape index (κ1) is 14.9. The van der Waals surface area contributed by atoms with Gasteiger partial charge in [0.15, 0.2) is 0 Å². The molecule has 0 aliphatic rings. The van der Waals surface area contributed by atoms with Crippen LogP contribution in [0, 0.1) is 0 Å². The number of rotatable bonds is 7. The molecule has 0 bridgehead atoms. The van der Waals surface area contributed by atoms with E-state index in [1.165, 1.54) is 0 Å². The fourth-order valence-electron chi connectivity index (χ4n) is 2.11. The number of carbonyl (C=O) groups excluding carboxylic acids is 1. The van der Waals surface area contributed by atoms with E-state index in [0.29, 0.717) is 6.42 Å². The molecule has 1 amide bonds. The molecule has 1 unspecified atom stereocenters. The van der Waals surface area contributed by atoms with Crippen LogP contribution in [-0.4, -0.2) is 33.7 Å². The number of H-pyrrole nitrogens is 1. The Morgan fingerprint density at radius 1 is 1.45 bits per heavy atom. The molecule has 1 aromatic carbocycles. The third-order valence-electron chi connectivity index (χ3n) is 3.18. The van der Waals surface area contributed by atoms with E-state index in [-0.39, 0.29) is 11.9 Å². The lowest BCUT2D eigenvalue weighted by molar-refractivity contribution is -0.121. The molecular weight excluding hydrogens is 270 g/mol. The van der Waals surface area contributed by atoms with Crippen molar-refractivity contribution in [2.24, 2.45) is 0 Å². The average molecular weight is 291 g/mol. The molecule has 2 rings (SSSR count). The maximum absolute atomic E-state index is 12.0. The minimum atomic E-state index is 0.0494. The third-order valence-corrected chi connectivity index (χ3v) is 4.12. The summed E-state index contributed by atoms with van der Waals surface area (Å²) < 4.78 is 0. The molecule has 20 heavy (non-hydrogen) atoms. The topological polar surface area (TPSA) is 57.8 Å². The van der Waals surface area contributed by atoms with E-state index in [0.717, 1.165) is 34.5 Å². The van der Waals surface area contributed by atoms with Crippen LogP contribution in [0.25, 0.3) is 10.9 Å². The molecule has 0 radical (unpaired) electrons. The largest absolute Gasteiger partial charge is 0.353 e. The maximum atomic E-state index is 12.0. The van der Waals surface area contributed by atoms with Crippen molar-refractivity contribution in [2.45, 2.75) is 32.7 Å². The van der Waals surface area contributed by atoms with E-state index in [1.54, 1.807) is 0 Å². The predicted molar refractivity (Wildman–Crippen MR) is 85.0 cm³/mol. The average Bonchev–Trinajstić information content (AvgIpc) is 2.82. The maximum Gasteiger partial charge on any atom is 0.226 e. The van der Waals surface area contributed by atoms with Gasteiger partial charge in [-0.3, -0.25) is 9.89 Å². The van der Waals surface area contributed by atoms with Crippen molar-refractivity contribution in [1.82, 2.24) is 15.5 Å². The highest BCUT2D eigenvalue weighted by Crippen LogP contribution is 2.15. The van der Waals surface area contributed by atoms with Crippen molar-refractivity contribution in [3.05, 3.63) is 30.0 Å². The fraction of sp³-hybridized carbons (Fsp3) is 0.467. The Balaban J connectivity index is 1.88. The Bertz CT molecular complexity index is 567. The van der Waals surface area contributed by atoms with Gasteiger partial charge in [-0.25, -0.2) is 0 Å². The van der Waals surface area contributed by atoms with Gasteiger partial charge in [0.2, 0.25) is 5.91 Å². The van der Waals surface area contributed by atoms with E-state index in [9.17, 15) is 4.79 Å². The third kappa shape index (κ3) is 4.00. The first-order chi connectivity index (χ1) is 9.70. The number of hydrogen-bond donors (Lipinski definition) is 2. The van der Waals surface area contributed by atoms with E-state index < -0.39 is 0 Å². The highest BCUT2D eigenvalue weighted by Gasteiger charge is 2.11. The molecule has 1 heterocycles. The van der Waals surface area contributed by atoms with Crippen molar-refractivity contribution >= 4 is 28.6 Å². The zero-order valence-electron chi connectivity index (χ0n) is 12.0. The van der Waals surface area contributed by atoms with Crippen molar-refractivity contribution in [1.29, 1.82) is 0 Å². The Labute approximate surface area is 123 Å². The van der Waals surface area contributed by atoms with Crippen molar-refractivity contribution < 1.29 is 4.79 Å². The van der Waals surface area contributed by atoms with Gasteiger partial charge in [0.1, 0.15) is 0 Å². The van der Waals surface area contributed by atoms with Crippen LogP contribution in [-0.2, 0) is 11.2 Å². The Morgan fingerprint density at radius 2 is 2.25 bits per heavy atom. The van der Waals surface area contributed by atoms with Crippen molar-refractivity contribution in [3.8, 4) is 0 Å². The highest BCUT2D eigenvalue weighted by atomic mass is 32.2. The summed E-state index contributed by atoms with van der Waals surface area (Å²) in [4.78, 5) is 12.0. The van der Waals surface area contributed by atoms with Gasteiger partial charge >= 0.3 is 0 Å². The van der Waals surface area contributed by atoms with Crippen LogP contribution in [0.15, 0.2) is 24.3 Å². The SMILES string of the molecule is CCSCCC(C)NC(=O)Cc1[nH]nc2ccccc12. The van der Waals surface area contributed by atoms with Crippen LogP contribution in [0.2, 0.25) is 0 Å². The number of nitrogens with one attached hydrogen (secondary N) is 2. The molecule has 0 saturated heterocycles. The Kier molecular flexibility index (Phi) is 5.47. The summed E-state index contributed by atoms with van der Waals surface area (Å²) in [6.07, 6.45) is 1.36. The molecule has 0 spiro atoms. The number of thioether (sulfide) groups is 1. The number of benzene rings is 1. The molecule has 0 aliphatic carbocycles. The summed E-state index contributed by atoms with van der Waals surface area (Å²) in [6.45, 7) is 4.20. The van der Waals surface area contributed by atoms with Gasteiger partial charge in [0.25, 0.3) is 0 Å². The summed E-state index contributed by atoms with van der Waals surface area (Å²) in [6, 6.07) is 8.06. The van der Waals surface area contributed by atoms with Crippen LogP contribution in [0.5, 0.6) is 0 Å². The smallest absolute Gasteiger partial charge is 0.226 e. The Morgan fingerprint density at radius 3 is 3.05 bits per heavy atom. The monoisotopic (exact) mass is 291 g/mol. The standard InChI is InChI=1S/C15H21N3OS/c1-3-20-9-8-11(2)16-15(19)10-14-12-6-4-5-7-13(12)17-18-14/h4-7,11H,3,8-10H2,1-2H3,(H,16,19)(H,17,18). The number of fused-ring (bicyclic) bond motifs is 1. The molecule has 108 valence electrons.